The number of anilines is 2. The van der Waals surface area contributed by atoms with Crippen molar-refractivity contribution in [3.8, 4) is 5.69 Å². The molecular formula is C20H20N4O2. The molecule has 1 heterocycles. The molecule has 3 rings (SSSR count). The molecule has 0 aliphatic rings. The Labute approximate surface area is 151 Å². The van der Waals surface area contributed by atoms with E-state index < -0.39 is 6.03 Å². The van der Waals surface area contributed by atoms with E-state index >= 15 is 0 Å². The van der Waals surface area contributed by atoms with E-state index in [9.17, 15) is 9.59 Å². The van der Waals surface area contributed by atoms with Gasteiger partial charge in [-0.1, -0.05) is 24.3 Å². The van der Waals surface area contributed by atoms with Crippen LogP contribution in [0.4, 0.5) is 16.2 Å². The van der Waals surface area contributed by atoms with Crippen molar-refractivity contribution in [1.82, 2.24) is 4.57 Å². The quantitative estimate of drug-likeness (QED) is 0.669. The third-order valence-electron chi connectivity index (χ3n) is 4.08. The normalized spacial score (nSPS) is 10.4. The first-order chi connectivity index (χ1) is 12.5. The van der Waals surface area contributed by atoms with Gasteiger partial charge in [-0.25, -0.2) is 4.79 Å². The average Bonchev–Trinajstić information content (AvgIpc) is 2.90. The van der Waals surface area contributed by atoms with Crippen LogP contribution in [0.25, 0.3) is 5.69 Å². The van der Waals surface area contributed by atoms with E-state index in [1.54, 1.807) is 24.3 Å². The van der Waals surface area contributed by atoms with E-state index in [0.29, 0.717) is 16.9 Å². The van der Waals surface area contributed by atoms with Gasteiger partial charge in [0.05, 0.1) is 5.56 Å². The van der Waals surface area contributed by atoms with Crippen LogP contribution in [0.15, 0.2) is 60.7 Å². The molecule has 3 amide bonds. The Bertz CT molecular complexity index is 961. The summed E-state index contributed by atoms with van der Waals surface area (Å²) in [4.78, 5) is 23.7. The number of aromatic nitrogens is 1. The summed E-state index contributed by atoms with van der Waals surface area (Å²) in [6, 6.07) is 17.9. The van der Waals surface area contributed by atoms with Crippen LogP contribution >= 0.6 is 0 Å². The molecule has 0 saturated carbocycles. The molecule has 0 aliphatic carbocycles. The molecule has 4 N–H and O–H groups in total. The maximum atomic E-state index is 12.7. The summed E-state index contributed by atoms with van der Waals surface area (Å²) in [6.07, 6.45) is 0. The lowest BCUT2D eigenvalue weighted by atomic mass is 10.2. The van der Waals surface area contributed by atoms with Gasteiger partial charge in [0.2, 0.25) is 0 Å². The van der Waals surface area contributed by atoms with Gasteiger partial charge >= 0.3 is 6.03 Å². The van der Waals surface area contributed by atoms with Crippen molar-refractivity contribution in [2.75, 3.05) is 10.6 Å². The SMILES string of the molecule is Cc1cc(C(=O)Nc2cccc(NC(N)=O)c2)c(C)n1-c1ccccc1. The number of carbonyl (C=O) groups excluding carboxylic acids is 2. The second-order valence-electron chi connectivity index (χ2n) is 5.98. The summed E-state index contributed by atoms with van der Waals surface area (Å²) in [7, 11) is 0. The number of para-hydroxylation sites is 1. The second kappa shape index (κ2) is 7.14. The molecule has 3 aromatic rings. The van der Waals surface area contributed by atoms with Gasteiger partial charge in [0.15, 0.2) is 0 Å². The van der Waals surface area contributed by atoms with Crippen molar-refractivity contribution in [1.29, 1.82) is 0 Å². The molecular weight excluding hydrogens is 328 g/mol. The molecule has 0 saturated heterocycles. The topological polar surface area (TPSA) is 89.2 Å². The highest BCUT2D eigenvalue weighted by atomic mass is 16.2. The van der Waals surface area contributed by atoms with Crippen molar-refractivity contribution < 1.29 is 9.59 Å². The Morgan fingerprint density at radius 3 is 2.19 bits per heavy atom. The van der Waals surface area contributed by atoms with Gasteiger partial charge in [0, 0.05) is 28.5 Å². The van der Waals surface area contributed by atoms with Gasteiger partial charge < -0.3 is 20.9 Å². The van der Waals surface area contributed by atoms with E-state index in [0.717, 1.165) is 17.1 Å². The molecule has 0 fully saturated rings. The molecule has 0 atom stereocenters. The zero-order chi connectivity index (χ0) is 18.7. The molecule has 0 spiro atoms. The van der Waals surface area contributed by atoms with Crippen molar-refractivity contribution in [2.24, 2.45) is 5.73 Å². The minimum absolute atomic E-state index is 0.212. The number of nitrogens with two attached hydrogens (primary N) is 1. The number of benzene rings is 2. The van der Waals surface area contributed by atoms with Crippen molar-refractivity contribution in [2.45, 2.75) is 13.8 Å². The Morgan fingerprint density at radius 1 is 0.885 bits per heavy atom. The Kier molecular flexibility index (Phi) is 4.75. The van der Waals surface area contributed by atoms with Crippen LogP contribution in [-0.4, -0.2) is 16.5 Å². The van der Waals surface area contributed by atoms with Gasteiger partial charge in [-0.15, -0.1) is 0 Å². The monoisotopic (exact) mass is 348 g/mol. The lowest BCUT2D eigenvalue weighted by Crippen LogP contribution is -2.19. The summed E-state index contributed by atoms with van der Waals surface area (Å²) in [5, 5.41) is 5.35. The predicted octanol–water partition coefficient (Wildman–Crippen LogP) is 3.84. The number of hydrogen-bond donors (Lipinski definition) is 3. The van der Waals surface area contributed by atoms with Crippen LogP contribution in [0.1, 0.15) is 21.7 Å². The largest absolute Gasteiger partial charge is 0.351 e. The maximum Gasteiger partial charge on any atom is 0.316 e. The Hall–Kier alpha value is -3.54. The first-order valence-corrected chi connectivity index (χ1v) is 8.18. The van der Waals surface area contributed by atoms with Crippen molar-refractivity contribution in [3.05, 3.63) is 77.6 Å². The number of amides is 3. The number of nitrogens with one attached hydrogen (secondary N) is 2. The lowest BCUT2D eigenvalue weighted by Gasteiger charge is -2.10. The van der Waals surface area contributed by atoms with Gasteiger partial charge in [-0.2, -0.15) is 0 Å². The maximum absolute atomic E-state index is 12.7. The number of urea groups is 1. The van der Waals surface area contributed by atoms with Crippen LogP contribution in [0.5, 0.6) is 0 Å². The van der Waals surface area contributed by atoms with Crippen LogP contribution in [0, 0.1) is 13.8 Å². The highest BCUT2D eigenvalue weighted by Gasteiger charge is 2.17. The van der Waals surface area contributed by atoms with Gasteiger partial charge in [0.1, 0.15) is 0 Å². The number of nitrogens with zero attached hydrogens (tertiary/aromatic N) is 1. The van der Waals surface area contributed by atoms with E-state index in [1.165, 1.54) is 0 Å². The Morgan fingerprint density at radius 2 is 1.54 bits per heavy atom. The molecule has 6 nitrogen and oxygen atoms in total. The van der Waals surface area contributed by atoms with E-state index in [4.69, 9.17) is 5.73 Å². The number of carbonyl (C=O) groups is 2. The van der Waals surface area contributed by atoms with Crippen LogP contribution < -0.4 is 16.4 Å². The lowest BCUT2D eigenvalue weighted by molar-refractivity contribution is 0.102. The summed E-state index contributed by atoms with van der Waals surface area (Å²) < 4.78 is 2.04. The van der Waals surface area contributed by atoms with Crippen LogP contribution in [0.3, 0.4) is 0 Å². The zero-order valence-corrected chi connectivity index (χ0v) is 14.6. The van der Waals surface area contributed by atoms with Gasteiger partial charge in [-0.05, 0) is 50.2 Å². The Balaban J connectivity index is 1.86. The molecule has 1 aromatic heterocycles. The highest BCUT2D eigenvalue weighted by Crippen LogP contribution is 2.22. The number of rotatable bonds is 4. The third-order valence-corrected chi connectivity index (χ3v) is 4.08. The summed E-state index contributed by atoms with van der Waals surface area (Å²) in [6.45, 7) is 3.88. The third kappa shape index (κ3) is 3.59. The molecule has 0 bridgehead atoms. The van der Waals surface area contributed by atoms with Gasteiger partial charge in [-0.3, -0.25) is 4.79 Å². The second-order valence-corrected chi connectivity index (χ2v) is 5.98. The summed E-state index contributed by atoms with van der Waals surface area (Å²) >= 11 is 0. The first kappa shape index (κ1) is 17.3. The smallest absolute Gasteiger partial charge is 0.316 e. The average molecular weight is 348 g/mol. The molecule has 0 radical (unpaired) electrons. The molecule has 0 aliphatic heterocycles. The predicted molar refractivity (Wildman–Crippen MR) is 103 cm³/mol. The number of aryl methyl sites for hydroxylation is 1. The molecule has 132 valence electrons. The van der Waals surface area contributed by atoms with Crippen LogP contribution in [-0.2, 0) is 0 Å². The standard InChI is InChI=1S/C20H20N4O2/c1-13-11-18(14(2)24(13)17-9-4-3-5-10-17)19(25)22-15-7-6-8-16(12-15)23-20(21)26/h3-12H,1-2H3,(H,22,25)(H3,21,23,26). The fourth-order valence-electron chi connectivity index (χ4n) is 2.98. The number of primary amides is 1. The molecule has 0 unspecified atom stereocenters. The zero-order valence-electron chi connectivity index (χ0n) is 14.6. The fraction of sp³-hybridized carbons (Fsp3) is 0.100. The summed E-state index contributed by atoms with van der Waals surface area (Å²) in [5.74, 6) is -0.212. The molecule has 2 aromatic carbocycles. The van der Waals surface area contributed by atoms with Crippen molar-refractivity contribution in [3.63, 3.8) is 0 Å². The number of hydrogen-bond acceptors (Lipinski definition) is 2. The van der Waals surface area contributed by atoms with Gasteiger partial charge in [0.25, 0.3) is 5.91 Å². The van der Waals surface area contributed by atoms with Crippen LogP contribution in [0.2, 0.25) is 0 Å². The highest BCUT2D eigenvalue weighted by molar-refractivity contribution is 6.05. The first-order valence-electron chi connectivity index (χ1n) is 8.18. The minimum Gasteiger partial charge on any atom is -0.351 e. The molecule has 26 heavy (non-hydrogen) atoms. The minimum atomic E-state index is -0.653. The van der Waals surface area contributed by atoms with E-state index in [1.807, 2.05) is 54.8 Å². The van der Waals surface area contributed by atoms with Crippen molar-refractivity contribution >= 4 is 23.3 Å². The van der Waals surface area contributed by atoms with E-state index in [2.05, 4.69) is 10.6 Å². The summed E-state index contributed by atoms with van der Waals surface area (Å²) in [5.41, 5.74) is 9.65. The van der Waals surface area contributed by atoms with E-state index in [-0.39, 0.29) is 5.91 Å². The fourth-order valence-corrected chi connectivity index (χ4v) is 2.98. The molecule has 6 heteroatoms.